The first-order chi connectivity index (χ1) is 18.4. The summed E-state index contributed by atoms with van der Waals surface area (Å²) in [6.07, 6.45) is -0.116. The first kappa shape index (κ1) is 35.9. The molecule has 4 N–H and O–H groups in total. The Morgan fingerprint density at radius 1 is 0.725 bits per heavy atom. The number of nitrogens with two attached hydrogens (primary N) is 1. The summed E-state index contributed by atoms with van der Waals surface area (Å²) in [5, 5.41) is 4.87. The molecule has 0 heterocycles. The lowest BCUT2D eigenvalue weighted by Crippen LogP contribution is -2.53. The molecule has 0 spiro atoms. The first-order valence-corrected chi connectivity index (χ1v) is 12.6. The minimum atomic E-state index is -1.33. The molecule has 0 aliphatic heterocycles. The SMILES string of the molecule is CC(C)(C)OC(=O)[C@H](CCC(=O)C=[N+]=[N-])NC(=O)[C@H](CCC(=O)C=[N+]=[N-])NC(=O)CC[C@H](N)C(=O)OC(C)(C)C. The molecule has 222 valence electrons. The van der Waals surface area contributed by atoms with Gasteiger partial charge in [0, 0.05) is 19.3 Å². The van der Waals surface area contributed by atoms with Gasteiger partial charge in [-0.3, -0.25) is 24.0 Å². The summed E-state index contributed by atoms with van der Waals surface area (Å²) in [6, 6.07) is -3.76. The normalized spacial score (nSPS) is 13.3. The fourth-order valence-corrected chi connectivity index (χ4v) is 3.04. The van der Waals surface area contributed by atoms with Crippen molar-refractivity contribution in [3.63, 3.8) is 0 Å². The molecule has 0 aliphatic rings. The number of rotatable bonds is 16. The van der Waals surface area contributed by atoms with Crippen LogP contribution in [-0.4, -0.2) is 86.7 Å². The summed E-state index contributed by atoms with van der Waals surface area (Å²) in [7, 11) is 0. The molecule has 0 bridgehead atoms. The van der Waals surface area contributed by atoms with Gasteiger partial charge in [-0.1, -0.05) is 0 Å². The van der Waals surface area contributed by atoms with E-state index >= 15 is 0 Å². The van der Waals surface area contributed by atoms with Crippen LogP contribution >= 0.6 is 0 Å². The van der Waals surface area contributed by atoms with Crippen molar-refractivity contribution in [3.8, 4) is 0 Å². The number of nitrogens with zero attached hydrogens (tertiary/aromatic N) is 4. The number of amides is 2. The summed E-state index contributed by atoms with van der Waals surface area (Å²) < 4.78 is 10.5. The number of carbonyl (C=O) groups excluding carboxylic acids is 6. The Labute approximate surface area is 232 Å². The predicted molar refractivity (Wildman–Crippen MR) is 141 cm³/mol. The van der Waals surface area contributed by atoms with Gasteiger partial charge in [-0.25, -0.2) is 4.79 Å². The molecule has 0 unspecified atom stereocenters. The maximum absolute atomic E-state index is 13.1. The van der Waals surface area contributed by atoms with Crippen molar-refractivity contribution in [2.24, 2.45) is 5.73 Å². The third kappa shape index (κ3) is 16.7. The standard InChI is InChI=1S/C25H39N7O8/c1-24(2,3)39-22(37)17(26)9-12-20(35)31-18(10-7-15(33)13-29-27)21(36)32-19(11-8-16(34)14-30-28)23(38)40-25(4,5)6/h13-14,17-19H,7-12,26H2,1-6H3,(H,31,35)(H,32,36)/t17-,18-,19-/m0/s1. The molecular formula is C25H39N7O8. The number of carbonyl (C=O) groups is 6. The molecule has 0 aromatic heterocycles. The Balaban J connectivity index is 5.65. The number of esters is 2. The van der Waals surface area contributed by atoms with Crippen molar-refractivity contribution >= 4 is 47.7 Å². The van der Waals surface area contributed by atoms with E-state index in [0.717, 1.165) is 0 Å². The van der Waals surface area contributed by atoms with Crippen LogP contribution in [0.15, 0.2) is 0 Å². The third-order valence-electron chi connectivity index (χ3n) is 4.81. The van der Waals surface area contributed by atoms with E-state index in [9.17, 15) is 28.8 Å². The minimum absolute atomic E-state index is 0.0970. The highest BCUT2D eigenvalue weighted by atomic mass is 16.6. The second kappa shape index (κ2) is 16.8. The van der Waals surface area contributed by atoms with Crippen LogP contribution in [0.1, 0.15) is 80.1 Å². The van der Waals surface area contributed by atoms with Gasteiger partial charge in [0.15, 0.2) is 0 Å². The molecule has 15 nitrogen and oxygen atoms in total. The fraction of sp³-hybridized carbons (Fsp3) is 0.680. The van der Waals surface area contributed by atoms with Gasteiger partial charge in [-0.2, -0.15) is 9.58 Å². The van der Waals surface area contributed by atoms with Crippen molar-refractivity contribution in [2.75, 3.05) is 0 Å². The quantitative estimate of drug-likeness (QED) is 0.0988. The summed E-state index contributed by atoms with van der Waals surface area (Å²) in [5.41, 5.74) is 21.2. The number of ketones is 2. The number of hydrogen-bond acceptors (Lipinski definition) is 9. The van der Waals surface area contributed by atoms with E-state index in [1.807, 2.05) is 0 Å². The Bertz CT molecular complexity index is 1050. The van der Waals surface area contributed by atoms with E-state index in [0.29, 0.717) is 12.4 Å². The Hall–Kier alpha value is -4.06. The zero-order valence-corrected chi connectivity index (χ0v) is 23.8. The Kier molecular flexibility index (Phi) is 15.1. The predicted octanol–water partition coefficient (Wildman–Crippen LogP) is 0.0467. The van der Waals surface area contributed by atoms with Gasteiger partial charge in [-0.15, -0.1) is 0 Å². The topological polar surface area (TPSA) is 244 Å². The zero-order valence-electron chi connectivity index (χ0n) is 23.8. The van der Waals surface area contributed by atoms with Crippen LogP contribution in [0.5, 0.6) is 0 Å². The first-order valence-electron chi connectivity index (χ1n) is 12.6. The maximum atomic E-state index is 13.1. The molecule has 0 aliphatic carbocycles. The summed E-state index contributed by atoms with van der Waals surface area (Å²) in [5.74, 6) is -4.36. The monoisotopic (exact) mass is 565 g/mol. The largest absolute Gasteiger partial charge is 0.459 e. The van der Waals surface area contributed by atoms with Crippen molar-refractivity contribution in [1.82, 2.24) is 10.6 Å². The number of nitrogens with one attached hydrogen (secondary N) is 2. The van der Waals surface area contributed by atoms with E-state index < -0.39 is 64.6 Å². The van der Waals surface area contributed by atoms with Gasteiger partial charge in [-0.05, 0) is 60.8 Å². The van der Waals surface area contributed by atoms with Crippen molar-refractivity contribution in [1.29, 1.82) is 0 Å². The van der Waals surface area contributed by atoms with Gasteiger partial charge in [0.1, 0.15) is 29.3 Å². The fourth-order valence-electron chi connectivity index (χ4n) is 3.04. The van der Waals surface area contributed by atoms with Crippen LogP contribution in [-0.2, 0) is 38.2 Å². The lowest BCUT2D eigenvalue weighted by molar-refractivity contribution is -0.159. The molecule has 2 amide bonds. The van der Waals surface area contributed by atoms with E-state index in [1.54, 1.807) is 41.5 Å². The highest BCUT2D eigenvalue weighted by Crippen LogP contribution is 2.13. The summed E-state index contributed by atoms with van der Waals surface area (Å²) in [6.45, 7) is 9.80. The second-order valence-corrected chi connectivity index (χ2v) is 10.9. The number of ether oxygens (including phenoxy) is 2. The number of Topliss-reactive ketones (excluding diaryl/α,β-unsaturated/α-hetero) is 2. The highest BCUT2D eigenvalue weighted by Gasteiger charge is 2.31. The van der Waals surface area contributed by atoms with Crippen LogP contribution in [0.3, 0.4) is 0 Å². The minimum Gasteiger partial charge on any atom is -0.459 e. The van der Waals surface area contributed by atoms with Crippen molar-refractivity contribution < 1.29 is 47.8 Å². The molecular weight excluding hydrogens is 526 g/mol. The molecule has 0 aromatic carbocycles. The third-order valence-corrected chi connectivity index (χ3v) is 4.81. The van der Waals surface area contributed by atoms with E-state index in [2.05, 4.69) is 20.2 Å². The van der Waals surface area contributed by atoms with Crippen molar-refractivity contribution in [2.45, 2.75) is 109 Å². The lowest BCUT2D eigenvalue weighted by Gasteiger charge is -2.26. The highest BCUT2D eigenvalue weighted by molar-refractivity contribution is 6.25. The molecule has 0 radical (unpaired) electrons. The smallest absolute Gasteiger partial charge is 0.329 e. The Morgan fingerprint density at radius 3 is 1.62 bits per heavy atom. The molecule has 3 atom stereocenters. The van der Waals surface area contributed by atoms with Gasteiger partial charge >= 0.3 is 24.4 Å². The van der Waals surface area contributed by atoms with Crippen LogP contribution in [0.2, 0.25) is 0 Å². The van der Waals surface area contributed by atoms with Gasteiger partial charge in [0.05, 0.1) is 0 Å². The molecule has 0 saturated carbocycles. The zero-order chi connectivity index (χ0) is 31.1. The summed E-state index contributed by atoms with van der Waals surface area (Å²) in [4.78, 5) is 79.4. The van der Waals surface area contributed by atoms with Crippen LogP contribution < -0.4 is 16.4 Å². The Morgan fingerprint density at radius 2 is 1.18 bits per heavy atom. The van der Waals surface area contributed by atoms with E-state index in [4.69, 9.17) is 26.3 Å². The van der Waals surface area contributed by atoms with E-state index in [-0.39, 0.29) is 38.5 Å². The van der Waals surface area contributed by atoms with Gasteiger partial charge < -0.3 is 36.9 Å². The van der Waals surface area contributed by atoms with Crippen molar-refractivity contribution in [3.05, 3.63) is 11.1 Å². The molecule has 0 aromatic rings. The molecule has 0 rings (SSSR count). The molecule has 40 heavy (non-hydrogen) atoms. The molecule has 15 heteroatoms. The lowest BCUT2D eigenvalue weighted by atomic mass is 10.0. The average molecular weight is 566 g/mol. The maximum Gasteiger partial charge on any atom is 0.329 e. The average Bonchev–Trinajstić information content (AvgIpc) is 2.80. The molecule has 0 fully saturated rings. The number of hydrogen-bond donors (Lipinski definition) is 3. The molecule has 0 saturated heterocycles. The van der Waals surface area contributed by atoms with Crippen LogP contribution in [0, 0.1) is 0 Å². The van der Waals surface area contributed by atoms with E-state index in [1.165, 1.54) is 0 Å². The second-order valence-electron chi connectivity index (χ2n) is 10.9. The van der Waals surface area contributed by atoms with Gasteiger partial charge in [0.2, 0.25) is 23.4 Å². The summed E-state index contributed by atoms with van der Waals surface area (Å²) >= 11 is 0. The van der Waals surface area contributed by atoms with Gasteiger partial charge in [0.25, 0.3) is 0 Å². The van der Waals surface area contributed by atoms with Crippen LogP contribution in [0.25, 0.3) is 11.1 Å². The van der Waals surface area contributed by atoms with Crippen LogP contribution in [0.4, 0.5) is 0 Å².